The summed E-state index contributed by atoms with van der Waals surface area (Å²) in [5.41, 5.74) is 0.118. The highest BCUT2D eigenvalue weighted by molar-refractivity contribution is 5.90. The lowest BCUT2D eigenvalue weighted by molar-refractivity contribution is 0.0554. The number of nitrogens with one attached hydrogen (secondary N) is 2. The number of hydrogen-bond acceptors (Lipinski definition) is 4. The van der Waals surface area contributed by atoms with Crippen LogP contribution in [0.3, 0.4) is 0 Å². The van der Waals surface area contributed by atoms with Gasteiger partial charge >= 0.3 is 0 Å². The van der Waals surface area contributed by atoms with Crippen LogP contribution in [0.4, 0.5) is 0 Å². The number of hydrogen-bond donors (Lipinski definition) is 2. The van der Waals surface area contributed by atoms with Crippen LogP contribution in [0.2, 0.25) is 0 Å². The Bertz CT molecular complexity index is 448. The molecule has 1 fully saturated rings. The first-order valence-electron chi connectivity index (χ1n) is 6.82. The molecule has 1 saturated carbocycles. The molecule has 2 rings (SSSR count). The molecule has 0 bridgehead atoms. The molecular formula is C13H23N5O. The molecule has 1 aliphatic carbocycles. The Morgan fingerprint density at radius 2 is 2.16 bits per heavy atom. The Balaban J connectivity index is 1.93. The highest BCUT2D eigenvalue weighted by Crippen LogP contribution is 2.35. The van der Waals surface area contributed by atoms with E-state index >= 15 is 0 Å². The number of amides is 1. The first kappa shape index (κ1) is 14.0. The maximum atomic E-state index is 12.0. The summed E-state index contributed by atoms with van der Waals surface area (Å²) in [4.78, 5) is 18.4. The minimum absolute atomic E-state index is 0.118. The molecule has 0 spiro atoms. The maximum absolute atomic E-state index is 12.0. The van der Waals surface area contributed by atoms with Gasteiger partial charge in [-0.1, -0.05) is 13.8 Å². The molecule has 1 aromatic heterocycles. The average Bonchev–Trinajstić information content (AvgIpc) is 2.75. The largest absolute Gasteiger partial charge is 0.347 e. The van der Waals surface area contributed by atoms with Crippen LogP contribution in [0.5, 0.6) is 0 Å². The Labute approximate surface area is 114 Å². The Hall–Kier alpha value is -1.43. The van der Waals surface area contributed by atoms with Crippen molar-refractivity contribution in [2.45, 2.75) is 44.6 Å². The van der Waals surface area contributed by atoms with Crippen molar-refractivity contribution >= 4 is 5.91 Å². The molecule has 1 aromatic rings. The molecular weight excluding hydrogens is 242 g/mol. The van der Waals surface area contributed by atoms with E-state index in [-0.39, 0.29) is 23.2 Å². The lowest BCUT2D eigenvalue weighted by Crippen LogP contribution is -2.57. The van der Waals surface area contributed by atoms with Gasteiger partial charge in [0.1, 0.15) is 5.82 Å². The summed E-state index contributed by atoms with van der Waals surface area (Å²) < 4.78 is 0. The molecule has 6 nitrogen and oxygen atoms in total. The van der Waals surface area contributed by atoms with E-state index in [9.17, 15) is 4.79 Å². The van der Waals surface area contributed by atoms with Crippen LogP contribution < -0.4 is 5.32 Å². The quantitative estimate of drug-likeness (QED) is 0.837. The predicted octanol–water partition coefficient (Wildman–Crippen LogP) is 1.14. The van der Waals surface area contributed by atoms with Crippen molar-refractivity contribution in [3.8, 4) is 0 Å². The van der Waals surface area contributed by atoms with Crippen molar-refractivity contribution in [1.82, 2.24) is 25.4 Å². The molecule has 2 N–H and O–H groups in total. The third-order valence-corrected chi connectivity index (χ3v) is 4.06. The Morgan fingerprint density at radius 1 is 1.47 bits per heavy atom. The zero-order valence-corrected chi connectivity index (χ0v) is 12.2. The summed E-state index contributed by atoms with van der Waals surface area (Å²) >= 11 is 0. The van der Waals surface area contributed by atoms with E-state index in [1.807, 2.05) is 13.8 Å². The highest BCUT2D eigenvalue weighted by atomic mass is 16.2. The summed E-state index contributed by atoms with van der Waals surface area (Å²) in [6, 6.07) is 0. The molecule has 1 aliphatic rings. The third kappa shape index (κ3) is 2.78. The molecule has 1 heterocycles. The van der Waals surface area contributed by atoms with Gasteiger partial charge in [-0.25, -0.2) is 4.98 Å². The van der Waals surface area contributed by atoms with Gasteiger partial charge in [-0.05, 0) is 33.4 Å². The molecule has 0 unspecified atom stereocenters. The van der Waals surface area contributed by atoms with E-state index in [4.69, 9.17) is 0 Å². The average molecular weight is 265 g/mol. The van der Waals surface area contributed by atoms with E-state index in [1.165, 1.54) is 6.42 Å². The first-order chi connectivity index (χ1) is 8.94. The zero-order chi connectivity index (χ0) is 14.0. The fourth-order valence-electron chi connectivity index (χ4n) is 2.32. The van der Waals surface area contributed by atoms with Crippen molar-refractivity contribution < 1.29 is 4.79 Å². The van der Waals surface area contributed by atoms with Crippen molar-refractivity contribution in [2.24, 2.45) is 0 Å². The summed E-state index contributed by atoms with van der Waals surface area (Å²) in [6.45, 7) is 4.68. The van der Waals surface area contributed by atoms with Crippen LogP contribution in [0.15, 0.2) is 0 Å². The summed E-state index contributed by atoms with van der Waals surface area (Å²) in [7, 11) is 4.13. The van der Waals surface area contributed by atoms with Crippen LogP contribution in [0.25, 0.3) is 0 Å². The standard InChI is InChI=1S/C13H23N5O/c1-9(2)10-15-11(17-16-10)12(19)14-8-13(18(3)4)6-5-7-13/h9H,5-8H2,1-4H3,(H,14,19)(H,15,16,17). The molecule has 0 saturated heterocycles. The highest BCUT2D eigenvalue weighted by Gasteiger charge is 2.39. The minimum Gasteiger partial charge on any atom is -0.347 e. The number of rotatable bonds is 5. The van der Waals surface area contributed by atoms with Crippen LogP contribution >= 0.6 is 0 Å². The second-order valence-corrected chi connectivity index (χ2v) is 5.85. The number of carbonyl (C=O) groups excluding carboxylic acids is 1. The van der Waals surface area contributed by atoms with Crippen molar-refractivity contribution in [3.05, 3.63) is 11.6 Å². The number of likely N-dealkylation sites (N-methyl/N-ethyl adjacent to an activating group) is 1. The molecule has 106 valence electrons. The number of carbonyl (C=O) groups is 1. The number of aromatic nitrogens is 3. The van der Waals surface area contributed by atoms with Crippen molar-refractivity contribution in [2.75, 3.05) is 20.6 Å². The zero-order valence-electron chi connectivity index (χ0n) is 12.2. The van der Waals surface area contributed by atoms with Gasteiger partial charge in [0, 0.05) is 18.0 Å². The van der Waals surface area contributed by atoms with Crippen LogP contribution in [-0.2, 0) is 0 Å². The monoisotopic (exact) mass is 265 g/mol. The van der Waals surface area contributed by atoms with Gasteiger partial charge < -0.3 is 10.2 Å². The van der Waals surface area contributed by atoms with Crippen LogP contribution in [-0.4, -0.2) is 52.2 Å². The van der Waals surface area contributed by atoms with Crippen molar-refractivity contribution in [1.29, 1.82) is 0 Å². The second-order valence-electron chi connectivity index (χ2n) is 5.85. The Morgan fingerprint density at radius 3 is 2.58 bits per heavy atom. The summed E-state index contributed by atoms with van der Waals surface area (Å²) in [6.07, 6.45) is 3.49. The van der Waals surface area contributed by atoms with Crippen molar-refractivity contribution in [3.63, 3.8) is 0 Å². The van der Waals surface area contributed by atoms with Gasteiger partial charge in [0.25, 0.3) is 5.91 Å². The van der Waals surface area contributed by atoms with Gasteiger partial charge in [0.15, 0.2) is 0 Å². The SMILES string of the molecule is CC(C)c1nc(C(=O)NCC2(N(C)C)CCC2)n[nH]1. The molecule has 0 atom stereocenters. The molecule has 0 aliphatic heterocycles. The van der Waals surface area contributed by atoms with E-state index in [0.29, 0.717) is 6.54 Å². The first-order valence-corrected chi connectivity index (χ1v) is 6.82. The van der Waals surface area contributed by atoms with E-state index < -0.39 is 0 Å². The van der Waals surface area contributed by atoms with E-state index in [0.717, 1.165) is 18.7 Å². The molecule has 0 radical (unpaired) electrons. The molecule has 0 aromatic carbocycles. The normalized spacial score (nSPS) is 17.6. The lowest BCUT2D eigenvalue weighted by atomic mass is 9.75. The predicted molar refractivity (Wildman–Crippen MR) is 73.1 cm³/mol. The van der Waals surface area contributed by atoms with E-state index in [1.54, 1.807) is 0 Å². The van der Waals surface area contributed by atoms with Gasteiger partial charge in [0.05, 0.1) is 0 Å². The number of nitrogens with zero attached hydrogens (tertiary/aromatic N) is 3. The molecule has 19 heavy (non-hydrogen) atoms. The van der Waals surface area contributed by atoms with Gasteiger partial charge in [-0.15, -0.1) is 5.10 Å². The molecule has 1 amide bonds. The smallest absolute Gasteiger partial charge is 0.291 e. The summed E-state index contributed by atoms with van der Waals surface area (Å²) in [5.74, 6) is 1.03. The fraction of sp³-hybridized carbons (Fsp3) is 0.769. The Kier molecular flexibility index (Phi) is 3.89. The molecule has 6 heteroatoms. The topological polar surface area (TPSA) is 73.9 Å². The van der Waals surface area contributed by atoms with Gasteiger partial charge in [-0.3, -0.25) is 9.89 Å². The van der Waals surface area contributed by atoms with Crippen LogP contribution in [0.1, 0.15) is 55.5 Å². The number of H-pyrrole nitrogens is 1. The van der Waals surface area contributed by atoms with Gasteiger partial charge in [0.2, 0.25) is 5.82 Å². The summed E-state index contributed by atoms with van der Waals surface area (Å²) in [5, 5.41) is 9.72. The number of aromatic amines is 1. The second kappa shape index (κ2) is 5.28. The minimum atomic E-state index is -0.198. The lowest BCUT2D eigenvalue weighted by Gasteiger charge is -2.47. The third-order valence-electron chi connectivity index (χ3n) is 4.06. The van der Waals surface area contributed by atoms with E-state index in [2.05, 4.69) is 39.5 Å². The van der Waals surface area contributed by atoms with Gasteiger partial charge in [-0.2, -0.15) is 0 Å². The fourth-order valence-corrected chi connectivity index (χ4v) is 2.32. The van der Waals surface area contributed by atoms with Crippen LogP contribution in [0, 0.1) is 0 Å². The maximum Gasteiger partial charge on any atom is 0.291 e.